The Morgan fingerprint density at radius 2 is 2.21 bits per heavy atom. The second-order valence-corrected chi connectivity index (χ2v) is 5.12. The van der Waals surface area contributed by atoms with E-state index in [1.807, 2.05) is 6.07 Å². The van der Waals surface area contributed by atoms with E-state index in [1.54, 1.807) is 19.2 Å². The van der Waals surface area contributed by atoms with Crippen LogP contribution in [-0.2, 0) is 16.0 Å². The molecule has 1 N–H and O–H groups in total. The standard InChI is InChI=1S/C14H13N3O2/c1-17(13(19)14(8-15)4-5-14)10-2-3-11-9(6-10)7-12(18)16-11/h2-3,6H,4-5,7H2,1H3,(H,16,18). The van der Waals surface area contributed by atoms with Gasteiger partial charge in [0.15, 0.2) is 0 Å². The molecule has 1 saturated carbocycles. The molecule has 0 spiro atoms. The van der Waals surface area contributed by atoms with Crippen molar-refractivity contribution < 1.29 is 9.59 Å². The van der Waals surface area contributed by atoms with Crippen LogP contribution in [0.15, 0.2) is 18.2 Å². The number of nitrogens with zero attached hydrogens (tertiary/aromatic N) is 2. The molecule has 1 fully saturated rings. The van der Waals surface area contributed by atoms with Gasteiger partial charge in [0.2, 0.25) is 11.8 Å². The van der Waals surface area contributed by atoms with Gasteiger partial charge in [-0.1, -0.05) is 0 Å². The fourth-order valence-corrected chi connectivity index (χ4v) is 2.36. The third-order valence-corrected chi connectivity index (χ3v) is 3.78. The van der Waals surface area contributed by atoms with E-state index in [1.165, 1.54) is 4.90 Å². The van der Waals surface area contributed by atoms with Gasteiger partial charge in [0, 0.05) is 18.4 Å². The molecule has 0 bridgehead atoms. The third-order valence-electron chi connectivity index (χ3n) is 3.78. The molecule has 0 unspecified atom stereocenters. The van der Waals surface area contributed by atoms with Crippen LogP contribution in [-0.4, -0.2) is 18.9 Å². The molecule has 1 aliphatic heterocycles. The van der Waals surface area contributed by atoms with E-state index in [0.717, 1.165) is 16.9 Å². The monoisotopic (exact) mass is 255 g/mol. The molecular weight excluding hydrogens is 242 g/mol. The summed E-state index contributed by atoms with van der Waals surface area (Å²) in [5.74, 6) is -0.191. The fourth-order valence-electron chi connectivity index (χ4n) is 2.36. The second kappa shape index (κ2) is 3.82. The summed E-state index contributed by atoms with van der Waals surface area (Å²) >= 11 is 0. The molecule has 0 aromatic heterocycles. The zero-order valence-electron chi connectivity index (χ0n) is 10.6. The van der Waals surface area contributed by atoms with Crippen LogP contribution < -0.4 is 10.2 Å². The Bertz CT molecular complexity index is 626. The van der Waals surface area contributed by atoms with E-state index >= 15 is 0 Å². The maximum atomic E-state index is 12.2. The summed E-state index contributed by atoms with van der Waals surface area (Å²) in [5.41, 5.74) is 1.60. The number of fused-ring (bicyclic) bond motifs is 1. The number of nitrogens with one attached hydrogen (secondary N) is 1. The van der Waals surface area contributed by atoms with Crippen molar-refractivity contribution in [2.24, 2.45) is 5.41 Å². The Kier molecular flexibility index (Phi) is 2.36. The topological polar surface area (TPSA) is 73.2 Å². The van der Waals surface area contributed by atoms with Gasteiger partial charge in [-0.3, -0.25) is 9.59 Å². The first-order chi connectivity index (χ1) is 9.05. The predicted molar refractivity (Wildman–Crippen MR) is 69.5 cm³/mol. The number of amides is 2. The molecule has 5 heteroatoms. The van der Waals surface area contributed by atoms with E-state index in [0.29, 0.717) is 19.3 Å². The van der Waals surface area contributed by atoms with Gasteiger partial charge in [-0.2, -0.15) is 5.26 Å². The highest BCUT2D eigenvalue weighted by Gasteiger charge is 2.52. The number of carbonyl (C=O) groups excluding carboxylic acids is 2. The van der Waals surface area contributed by atoms with Crippen LogP contribution in [0, 0.1) is 16.7 Å². The molecular formula is C14H13N3O2. The summed E-state index contributed by atoms with van der Waals surface area (Å²) in [4.78, 5) is 25.1. The molecule has 2 amide bonds. The summed E-state index contributed by atoms with van der Waals surface area (Å²) in [5, 5.41) is 11.8. The number of benzene rings is 1. The molecule has 0 atom stereocenters. The van der Waals surface area contributed by atoms with Crippen molar-refractivity contribution in [2.75, 3.05) is 17.3 Å². The Morgan fingerprint density at radius 3 is 2.84 bits per heavy atom. The maximum Gasteiger partial charge on any atom is 0.247 e. The van der Waals surface area contributed by atoms with E-state index in [2.05, 4.69) is 11.4 Å². The number of rotatable bonds is 2. The van der Waals surface area contributed by atoms with Crippen molar-refractivity contribution >= 4 is 23.2 Å². The highest BCUT2D eigenvalue weighted by atomic mass is 16.2. The molecule has 5 nitrogen and oxygen atoms in total. The van der Waals surface area contributed by atoms with Crippen LogP contribution in [0.4, 0.5) is 11.4 Å². The van der Waals surface area contributed by atoms with E-state index in [4.69, 9.17) is 5.26 Å². The minimum atomic E-state index is -0.818. The average Bonchev–Trinajstić information content (AvgIpc) is 3.12. The van der Waals surface area contributed by atoms with E-state index < -0.39 is 5.41 Å². The summed E-state index contributed by atoms with van der Waals surface area (Å²) in [7, 11) is 1.67. The number of nitriles is 1. The minimum Gasteiger partial charge on any atom is -0.326 e. The number of hydrogen-bond donors (Lipinski definition) is 1. The van der Waals surface area contributed by atoms with Crippen LogP contribution in [0.1, 0.15) is 18.4 Å². The molecule has 19 heavy (non-hydrogen) atoms. The first kappa shape index (κ1) is 11.7. The lowest BCUT2D eigenvalue weighted by atomic mass is 10.1. The largest absolute Gasteiger partial charge is 0.326 e. The number of anilines is 2. The lowest BCUT2D eigenvalue weighted by Crippen LogP contribution is -2.33. The first-order valence-corrected chi connectivity index (χ1v) is 6.18. The zero-order valence-corrected chi connectivity index (χ0v) is 10.6. The number of carbonyl (C=O) groups is 2. The molecule has 1 heterocycles. The van der Waals surface area contributed by atoms with Crippen molar-refractivity contribution in [3.05, 3.63) is 23.8 Å². The van der Waals surface area contributed by atoms with E-state index in [9.17, 15) is 9.59 Å². The van der Waals surface area contributed by atoms with E-state index in [-0.39, 0.29) is 11.8 Å². The molecule has 96 valence electrons. The summed E-state index contributed by atoms with van der Waals surface area (Å²) in [6, 6.07) is 7.52. The van der Waals surface area contributed by atoms with Gasteiger partial charge in [0.05, 0.1) is 12.5 Å². The Balaban J connectivity index is 1.88. The molecule has 3 rings (SSSR count). The highest BCUT2D eigenvalue weighted by molar-refractivity contribution is 6.03. The maximum absolute atomic E-state index is 12.2. The Hall–Kier alpha value is -2.35. The quantitative estimate of drug-likeness (QED) is 0.869. The van der Waals surface area contributed by atoms with Crippen LogP contribution >= 0.6 is 0 Å². The van der Waals surface area contributed by atoms with Crippen LogP contribution in [0.5, 0.6) is 0 Å². The normalized spacial score (nSPS) is 18.2. The molecule has 1 aromatic carbocycles. The van der Waals surface area contributed by atoms with Gasteiger partial charge in [0.25, 0.3) is 0 Å². The van der Waals surface area contributed by atoms with Crippen molar-refractivity contribution in [3.63, 3.8) is 0 Å². The van der Waals surface area contributed by atoms with Crippen molar-refractivity contribution in [1.29, 1.82) is 5.26 Å². The Morgan fingerprint density at radius 1 is 1.47 bits per heavy atom. The van der Waals surface area contributed by atoms with Gasteiger partial charge in [-0.25, -0.2) is 0 Å². The lowest BCUT2D eigenvalue weighted by molar-refractivity contribution is -0.121. The smallest absolute Gasteiger partial charge is 0.247 e. The first-order valence-electron chi connectivity index (χ1n) is 6.18. The fraction of sp³-hybridized carbons (Fsp3) is 0.357. The molecule has 1 aliphatic carbocycles. The van der Waals surface area contributed by atoms with Gasteiger partial charge >= 0.3 is 0 Å². The van der Waals surface area contributed by atoms with Crippen molar-refractivity contribution in [1.82, 2.24) is 0 Å². The summed E-state index contributed by atoms with van der Waals surface area (Å²) in [6.07, 6.45) is 1.61. The van der Waals surface area contributed by atoms with Gasteiger partial charge in [-0.05, 0) is 36.6 Å². The van der Waals surface area contributed by atoms with Crippen LogP contribution in [0.2, 0.25) is 0 Å². The zero-order chi connectivity index (χ0) is 13.6. The summed E-state index contributed by atoms with van der Waals surface area (Å²) < 4.78 is 0. The lowest BCUT2D eigenvalue weighted by Gasteiger charge is -2.20. The molecule has 2 aliphatic rings. The minimum absolute atomic E-state index is 0.0307. The van der Waals surface area contributed by atoms with Crippen LogP contribution in [0.25, 0.3) is 0 Å². The average molecular weight is 255 g/mol. The van der Waals surface area contributed by atoms with Crippen molar-refractivity contribution in [3.8, 4) is 6.07 Å². The van der Waals surface area contributed by atoms with Gasteiger partial charge in [-0.15, -0.1) is 0 Å². The van der Waals surface area contributed by atoms with Gasteiger partial charge < -0.3 is 10.2 Å². The SMILES string of the molecule is CN(C(=O)C1(C#N)CC1)c1ccc2c(c1)CC(=O)N2. The molecule has 0 saturated heterocycles. The summed E-state index contributed by atoms with van der Waals surface area (Å²) in [6.45, 7) is 0. The highest BCUT2D eigenvalue weighted by Crippen LogP contribution is 2.47. The van der Waals surface area contributed by atoms with Crippen LogP contribution in [0.3, 0.4) is 0 Å². The number of hydrogen-bond acceptors (Lipinski definition) is 3. The molecule has 1 aromatic rings. The van der Waals surface area contributed by atoms with Crippen molar-refractivity contribution in [2.45, 2.75) is 19.3 Å². The Labute approximate surface area is 110 Å². The predicted octanol–water partition coefficient (Wildman–Crippen LogP) is 1.45. The third kappa shape index (κ3) is 1.76. The molecule has 0 radical (unpaired) electrons. The van der Waals surface area contributed by atoms with Gasteiger partial charge in [0.1, 0.15) is 5.41 Å². The second-order valence-electron chi connectivity index (χ2n) is 5.12.